The molecule has 2 nitrogen and oxygen atoms in total. The molecule has 0 atom stereocenters. The summed E-state index contributed by atoms with van der Waals surface area (Å²) in [5.41, 5.74) is 18.3. The van der Waals surface area contributed by atoms with Gasteiger partial charge in [0.2, 0.25) is 0 Å². The number of para-hydroxylation sites is 2. The van der Waals surface area contributed by atoms with Gasteiger partial charge < -0.3 is 9.80 Å². The summed E-state index contributed by atoms with van der Waals surface area (Å²) in [4.78, 5) is 4.94. The molecule has 0 saturated carbocycles. The predicted molar refractivity (Wildman–Crippen MR) is 239 cm³/mol. The van der Waals surface area contributed by atoms with Gasteiger partial charge in [-0.2, -0.15) is 0 Å². The molecule has 0 bridgehead atoms. The van der Waals surface area contributed by atoms with Crippen molar-refractivity contribution in [1.82, 2.24) is 0 Å². The van der Waals surface area contributed by atoms with E-state index in [0.29, 0.717) is 0 Å². The highest BCUT2D eigenvalue weighted by Crippen LogP contribution is 2.50. The molecule has 5 aromatic rings. The van der Waals surface area contributed by atoms with Crippen LogP contribution in [0.2, 0.25) is 0 Å². The second-order valence-electron chi connectivity index (χ2n) is 16.5. The summed E-state index contributed by atoms with van der Waals surface area (Å²) < 4.78 is 0. The van der Waals surface area contributed by atoms with Crippen LogP contribution in [0.3, 0.4) is 0 Å². The van der Waals surface area contributed by atoms with Crippen LogP contribution in [-0.2, 0) is 10.8 Å². The van der Waals surface area contributed by atoms with Crippen molar-refractivity contribution in [2.45, 2.75) is 64.2 Å². The van der Waals surface area contributed by atoms with Gasteiger partial charge in [-0.25, -0.2) is 0 Å². The van der Waals surface area contributed by atoms with Gasteiger partial charge in [-0.1, -0.05) is 149 Å². The summed E-state index contributed by atoms with van der Waals surface area (Å²) >= 11 is 0. The van der Waals surface area contributed by atoms with Gasteiger partial charge in [-0.05, 0) is 131 Å². The lowest BCUT2D eigenvalue weighted by molar-refractivity contribution is 0.660. The van der Waals surface area contributed by atoms with Gasteiger partial charge in [0.15, 0.2) is 0 Å². The van der Waals surface area contributed by atoms with Gasteiger partial charge in [0.1, 0.15) is 0 Å². The molecule has 0 saturated heterocycles. The predicted octanol–water partition coefficient (Wildman–Crippen LogP) is 14.6. The molecule has 5 aromatic carbocycles. The zero-order valence-electron chi connectivity index (χ0n) is 33.0. The maximum absolute atomic E-state index is 2.48. The highest BCUT2D eigenvalue weighted by atomic mass is 15.2. The van der Waals surface area contributed by atoms with E-state index < -0.39 is 0 Å². The van der Waals surface area contributed by atoms with E-state index in [2.05, 4.69) is 220 Å². The van der Waals surface area contributed by atoms with Crippen LogP contribution in [0.15, 0.2) is 199 Å². The highest BCUT2D eigenvalue weighted by Gasteiger charge is 2.36. The van der Waals surface area contributed by atoms with E-state index in [1.54, 1.807) is 0 Å². The largest absolute Gasteiger partial charge is 0.314 e. The fourth-order valence-corrected chi connectivity index (χ4v) is 9.17. The number of nitrogens with zero attached hydrogens (tertiary/aromatic N) is 2. The Balaban J connectivity index is 1.04. The van der Waals surface area contributed by atoms with Crippen molar-refractivity contribution in [3.63, 3.8) is 0 Å². The van der Waals surface area contributed by atoms with E-state index in [1.807, 2.05) is 0 Å². The van der Waals surface area contributed by atoms with Crippen molar-refractivity contribution < 1.29 is 0 Å². The first-order valence-electron chi connectivity index (χ1n) is 20.2. The lowest BCUT2D eigenvalue weighted by Crippen LogP contribution is -2.21. The van der Waals surface area contributed by atoms with Crippen LogP contribution < -0.4 is 9.80 Å². The van der Waals surface area contributed by atoms with E-state index in [4.69, 9.17) is 0 Å². The molecule has 0 aromatic heterocycles. The summed E-state index contributed by atoms with van der Waals surface area (Å²) in [5, 5.41) is 0. The quantitative estimate of drug-likeness (QED) is 0.165. The van der Waals surface area contributed by atoms with Crippen LogP contribution in [0, 0.1) is 0 Å². The number of fused-ring (bicyclic) bond motifs is 4. The minimum Gasteiger partial charge on any atom is -0.314 e. The lowest BCUT2D eigenvalue weighted by atomic mass is 9.81. The zero-order valence-corrected chi connectivity index (χ0v) is 33.0. The Morgan fingerprint density at radius 2 is 0.964 bits per heavy atom. The minimum absolute atomic E-state index is 0.0463. The summed E-state index contributed by atoms with van der Waals surface area (Å²) in [7, 11) is 0. The average molecular weight is 727 g/mol. The van der Waals surface area contributed by atoms with Crippen molar-refractivity contribution in [3.05, 3.63) is 221 Å². The smallest absolute Gasteiger partial charge is 0.0461 e. The first-order chi connectivity index (χ1) is 27.3. The topological polar surface area (TPSA) is 6.48 Å². The Morgan fingerprint density at radius 3 is 1.57 bits per heavy atom. The molecule has 0 unspecified atom stereocenters. The van der Waals surface area contributed by atoms with Crippen LogP contribution in [0.4, 0.5) is 22.7 Å². The van der Waals surface area contributed by atoms with Gasteiger partial charge >= 0.3 is 0 Å². The van der Waals surface area contributed by atoms with Crippen molar-refractivity contribution >= 4 is 28.8 Å². The number of hydrogen-bond acceptors (Lipinski definition) is 2. The lowest BCUT2D eigenvalue weighted by Gasteiger charge is -2.33. The first kappa shape index (κ1) is 35.6. The summed E-state index contributed by atoms with van der Waals surface area (Å²) in [6, 6.07) is 44.7. The highest BCUT2D eigenvalue weighted by molar-refractivity contribution is 5.84. The second kappa shape index (κ2) is 14.5. The van der Waals surface area contributed by atoms with E-state index in [9.17, 15) is 0 Å². The molecular weight excluding hydrogens is 677 g/mol. The number of hydrogen-bond donors (Lipinski definition) is 0. The molecule has 0 aliphatic heterocycles. The molecule has 4 aliphatic carbocycles. The van der Waals surface area contributed by atoms with Crippen LogP contribution in [0.25, 0.3) is 17.2 Å². The van der Waals surface area contributed by atoms with Gasteiger partial charge in [0.25, 0.3) is 0 Å². The zero-order chi connectivity index (χ0) is 38.3. The van der Waals surface area contributed by atoms with E-state index in [-0.39, 0.29) is 10.8 Å². The maximum atomic E-state index is 2.48. The van der Waals surface area contributed by atoms with Crippen molar-refractivity contribution in [3.8, 4) is 11.1 Å². The van der Waals surface area contributed by atoms with Crippen LogP contribution >= 0.6 is 0 Å². The fraction of sp³-hybridized carbons (Fsp3) is 0.185. The third kappa shape index (κ3) is 6.54. The monoisotopic (exact) mass is 726 g/mol. The molecule has 9 rings (SSSR count). The van der Waals surface area contributed by atoms with Crippen LogP contribution in [0.1, 0.15) is 75.6 Å². The van der Waals surface area contributed by atoms with Gasteiger partial charge in [-0.3, -0.25) is 0 Å². The molecule has 0 N–H and O–H groups in total. The molecule has 0 radical (unpaired) electrons. The summed E-state index contributed by atoms with van der Waals surface area (Å²) in [5.74, 6) is 0. The molecule has 0 amide bonds. The second-order valence-corrected chi connectivity index (χ2v) is 16.5. The molecular formula is C54H50N2. The van der Waals surface area contributed by atoms with E-state index in [0.717, 1.165) is 25.7 Å². The average Bonchev–Trinajstić information content (AvgIpc) is 3.50. The molecule has 56 heavy (non-hydrogen) atoms. The number of allylic oxidation sites excluding steroid dienone is 13. The summed E-state index contributed by atoms with van der Waals surface area (Å²) in [6.45, 7) is 9.35. The fourth-order valence-electron chi connectivity index (χ4n) is 9.17. The molecule has 0 spiro atoms. The Labute approximate surface area is 333 Å². The van der Waals surface area contributed by atoms with Crippen LogP contribution in [0.5, 0.6) is 0 Å². The minimum atomic E-state index is -0.111. The maximum Gasteiger partial charge on any atom is 0.0461 e. The third-order valence-corrected chi connectivity index (χ3v) is 12.2. The van der Waals surface area contributed by atoms with Gasteiger partial charge in [0.05, 0.1) is 0 Å². The van der Waals surface area contributed by atoms with E-state index in [1.165, 1.54) is 78.7 Å². The van der Waals surface area contributed by atoms with Crippen molar-refractivity contribution in [2.75, 3.05) is 9.80 Å². The van der Waals surface area contributed by atoms with Crippen molar-refractivity contribution in [2.24, 2.45) is 0 Å². The molecule has 2 heteroatoms. The van der Waals surface area contributed by atoms with Crippen LogP contribution in [-0.4, -0.2) is 0 Å². The molecule has 276 valence electrons. The third-order valence-electron chi connectivity index (χ3n) is 12.2. The molecule has 0 fully saturated rings. The normalized spacial score (nSPS) is 19.2. The summed E-state index contributed by atoms with van der Waals surface area (Å²) in [6.07, 6.45) is 26.6. The Morgan fingerprint density at radius 1 is 0.429 bits per heavy atom. The van der Waals surface area contributed by atoms with Gasteiger partial charge in [0, 0.05) is 45.0 Å². The Bertz CT molecular complexity index is 2520. The molecule has 0 heterocycles. The van der Waals surface area contributed by atoms with E-state index >= 15 is 0 Å². The van der Waals surface area contributed by atoms with Gasteiger partial charge in [-0.15, -0.1) is 0 Å². The Hall–Kier alpha value is -6.12. The number of benzene rings is 5. The standard InChI is InChI=1S/C54H50N2/c1-53(2)36-16-6-5-9-17-41-28-33-46(37-51(41)53)55(42-18-10-7-11-19-42)44-29-24-39(25-30-44)40-26-31-45(32-27-40)56(43-20-12-8-13-21-43)47-34-35-49-48-22-14-15-23-50(48)54(3,4)52(49)38-47/h5-24,26,28-29,31,33-38H,25,27,30,32H2,1-4H3/b6-5-,17-9+,36-16+. The first-order valence-corrected chi connectivity index (χ1v) is 20.2. The number of anilines is 4. The Kier molecular flexibility index (Phi) is 9.22. The van der Waals surface area contributed by atoms with Crippen molar-refractivity contribution in [1.29, 1.82) is 0 Å². The number of rotatable bonds is 7. The molecule has 4 aliphatic rings. The SMILES string of the molecule is CC1(C)/C=C/C=C\C=C\c2ccc(N(C3=CC=C(C4=CC=C(N(c5ccccc5)c5ccc6c(c5)C(C)(C)c5ccccc5-6)CC4)CC3)c3ccccc3)cc21.